The zero-order valence-corrected chi connectivity index (χ0v) is 13.3. The van der Waals surface area contributed by atoms with Crippen molar-refractivity contribution < 1.29 is 23.9 Å². The predicted molar refractivity (Wildman–Crippen MR) is 88.2 cm³/mol. The Morgan fingerprint density at radius 3 is 2.24 bits per heavy atom. The van der Waals surface area contributed by atoms with Crippen molar-refractivity contribution in [3.8, 4) is 5.75 Å². The molecule has 2 aromatic rings. The van der Waals surface area contributed by atoms with Crippen molar-refractivity contribution in [2.45, 2.75) is 6.92 Å². The number of benzene rings is 2. The van der Waals surface area contributed by atoms with Crippen molar-refractivity contribution in [3.05, 3.63) is 59.7 Å². The molecule has 0 saturated heterocycles. The molecule has 0 spiro atoms. The summed E-state index contributed by atoms with van der Waals surface area (Å²) in [6.07, 6.45) is 0. The second-order valence-corrected chi connectivity index (χ2v) is 5.41. The van der Waals surface area contributed by atoms with E-state index >= 15 is 0 Å². The smallest absolute Gasteiger partial charge is 0.308 e. The summed E-state index contributed by atoms with van der Waals surface area (Å²) in [4.78, 5) is 48.5. The average molecular weight is 338 g/mol. The van der Waals surface area contributed by atoms with Gasteiger partial charge in [0.1, 0.15) is 12.3 Å². The first kappa shape index (κ1) is 16.4. The van der Waals surface area contributed by atoms with Crippen LogP contribution in [0.3, 0.4) is 0 Å². The fourth-order valence-corrected chi connectivity index (χ4v) is 2.53. The Bertz CT molecular complexity index is 856. The monoisotopic (exact) mass is 338 g/mol. The molecule has 25 heavy (non-hydrogen) atoms. The summed E-state index contributed by atoms with van der Waals surface area (Å²) in [7, 11) is 0. The summed E-state index contributed by atoms with van der Waals surface area (Å²) in [5.74, 6) is -1.72. The number of fused-ring (bicyclic) bond motifs is 1. The number of imide groups is 1. The van der Waals surface area contributed by atoms with Gasteiger partial charge in [0, 0.05) is 18.7 Å². The standard InChI is InChI=1S/C18H14N2O5/c1-11(21)25-13-6-4-5-12(9-13)19-16(22)10-20-17(23)14-7-2-3-8-15(14)18(20)24/h2-9H,10H2,1H3,(H,19,22). The van der Waals surface area contributed by atoms with E-state index in [1.54, 1.807) is 42.5 Å². The van der Waals surface area contributed by atoms with E-state index in [0.717, 1.165) is 4.90 Å². The Morgan fingerprint density at radius 1 is 1.00 bits per heavy atom. The maximum Gasteiger partial charge on any atom is 0.308 e. The lowest BCUT2D eigenvalue weighted by Gasteiger charge is -2.14. The third-order valence-electron chi connectivity index (χ3n) is 3.56. The number of carbonyl (C=O) groups is 4. The summed E-state index contributed by atoms with van der Waals surface area (Å²) in [6.45, 7) is 0.873. The molecule has 0 unspecified atom stereocenters. The fraction of sp³-hybridized carbons (Fsp3) is 0.111. The van der Waals surface area contributed by atoms with Gasteiger partial charge in [-0.2, -0.15) is 0 Å². The van der Waals surface area contributed by atoms with Gasteiger partial charge in [-0.1, -0.05) is 18.2 Å². The molecule has 0 aromatic heterocycles. The minimum Gasteiger partial charge on any atom is -0.427 e. The highest BCUT2D eigenvalue weighted by atomic mass is 16.5. The molecule has 0 bridgehead atoms. The zero-order valence-electron chi connectivity index (χ0n) is 13.3. The largest absolute Gasteiger partial charge is 0.427 e. The van der Waals surface area contributed by atoms with Crippen molar-refractivity contribution >= 4 is 29.4 Å². The van der Waals surface area contributed by atoms with Crippen LogP contribution in [0.25, 0.3) is 0 Å². The van der Waals surface area contributed by atoms with Gasteiger partial charge in [0.2, 0.25) is 5.91 Å². The van der Waals surface area contributed by atoms with Crippen LogP contribution in [0.5, 0.6) is 5.75 Å². The lowest BCUT2D eigenvalue weighted by Crippen LogP contribution is -2.37. The van der Waals surface area contributed by atoms with Crippen LogP contribution in [-0.2, 0) is 9.59 Å². The number of amides is 3. The van der Waals surface area contributed by atoms with Gasteiger partial charge in [-0.25, -0.2) is 0 Å². The molecule has 0 saturated carbocycles. The summed E-state index contributed by atoms with van der Waals surface area (Å²) in [6, 6.07) is 12.7. The van der Waals surface area contributed by atoms with Gasteiger partial charge in [0.25, 0.3) is 11.8 Å². The van der Waals surface area contributed by atoms with Crippen LogP contribution in [0.1, 0.15) is 27.6 Å². The maximum absolute atomic E-state index is 12.2. The number of nitrogens with zero attached hydrogens (tertiary/aromatic N) is 1. The number of rotatable bonds is 4. The molecule has 1 N–H and O–H groups in total. The van der Waals surface area contributed by atoms with Crippen LogP contribution < -0.4 is 10.1 Å². The second-order valence-electron chi connectivity index (χ2n) is 5.41. The second kappa shape index (κ2) is 6.56. The van der Waals surface area contributed by atoms with E-state index in [1.165, 1.54) is 13.0 Å². The van der Waals surface area contributed by atoms with Crippen LogP contribution in [0.4, 0.5) is 5.69 Å². The molecule has 7 heteroatoms. The summed E-state index contributed by atoms with van der Waals surface area (Å²) in [5, 5.41) is 2.57. The van der Waals surface area contributed by atoms with E-state index in [9.17, 15) is 19.2 Å². The molecule has 3 rings (SSSR count). The third kappa shape index (κ3) is 3.40. The number of nitrogens with one attached hydrogen (secondary N) is 1. The van der Waals surface area contributed by atoms with E-state index in [-0.39, 0.29) is 16.9 Å². The first-order chi connectivity index (χ1) is 12.0. The van der Waals surface area contributed by atoms with E-state index in [1.807, 2.05) is 0 Å². The highest BCUT2D eigenvalue weighted by Crippen LogP contribution is 2.22. The number of hydrogen-bond acceptors (Lipinski definition) is 5. The van der Waals surface area contributed by atoms with Gasteiger partial charge >= 0.3 is 5.97 Å². The van der Waals surface area contributed by atoms with Crippen molar-refractivity contribution in [1.29, 1.82) is 0 Å². The Balaban J connectivity index is 1.69. The van der Waals surface area contributed by atoms with Gasteiger partial charge < -0.3 is 10.1 Å². The highest BCUT2D eigenvalue weighted by Gasteiger charge is 2.36. The Kier molecular flexibility index (Phi) is 4.30. The molecule has 0 aliphatic carbocycles. The van der Waals surface area contributed by atoms with Crippen molar-refractivity contribution in [1.82, 2.24) is 4.90 Å². The van der Waals surface area contributed by atoms with Crippen molar-refractivity contribution in [2.75, 3.05) is 11.9 Å². The lowest BCUT2D eigenvalue weighted by atomic mass is 10.1. The number of esters is 1. The van der Waals surface area contributed by atoms with Crippen LogP contribution >= 0.6 is 0 Å². The van der Waals surface area contributed by atoms with Gasteiger partial charge in [0.15, 0.2) is 0 Å². The number of hydrogen-bond donors (Lipinski definition) is 1. The fourth-order valence-electron chi connectivity index (χ4n) is 2.53. The van der Waals surface area contributed by atoms with E-state index < -0.39 is 30.2 Å². The topological polar surface area (TPSA) is 92.8 Å². The lowest BCUT2D eigenvalue weighted by molar-refractivity contribution is -0.131. The molecule has 2 aromatic carbocycles. The summed E-state index contributed by atoms with van der Waals surface area (Å²) < 4.78 is 4.94. The summed E-state index contributed by atoms with van der Waals surface area (Å²) in [5.41, 5.74) is 0.967. The molecule has 126 valence electrons. The molecule has 1 aliphatic heterocycles. The van der Waals surface area contributed by atoms with Gasteiger partial charge in [-0.05, 0) is 24.3 Å². The average Bonchev–Trinajstić information content (AvgIpc) is 2.80. The van der Waals surface area contributed by atoms with Crippen LogP contribution in [-0.4, -0.2) is 35.1 Å². The molecule has 7 nitrogen and oxygen atoms in total. The SMILES string of the molecule is CC(=O)Oc1cccc(NC(=O)CN2C(=O)c3ccccc3C2=O)c1. The quantitative estimate of drug-likeness (QED) is 0.522. The maximum atomic E-state index is 12.2. The van der Waals surface area contributed by atoms with E-state index in [0.29, 0.717) is 5.69 Å². The van der Waals surface area contributed by atoms with E-state index in [2.05, 4.69) is 5.32 Å². The van der Waals surface area contributed by atoms with Crippen LogP contribution in [0.15, 0.2) is 48.5 Å². The Morgan fingerprint density at radius 2 is 1.64 bits per heavy atom. The number of carbonyl (C=O) groups excluding carboxylic acids is 4. The van der Waals surface area contributed by atoms with Gasteiger partial charge in [-0.15, -0.1) is 0 Å². The van der Waals surface area contributed by atoms with Crippen LogP contribution in [0, 0.1) is 0 Å². The van der Waals surface area contributed by atoms with Crippen molar-refractivity contribution in [2.24, 2.45) is 0 Å². The Labute approximate surface area is 143 Å². The normalized spacial score (nSPS) is 12.8. The van der Waals surface area contributed by atoms with Crippen LogP contribution in [0.2, 0.25) is 0 Å². The number of anilines is 1. The predicted octanol–water partition coefficient (Wildman–Crippen LogP) is 1.85. The molecule has 0 atom stereocenters. The molecule has 0 fully saturated rings. The first-order valence-electron chi connectivity index (χ1n) is 7.49. The van der Waals surface area contributed by atoms with Gasteiger partial charge in [-0.3, -0.25) is 24.1 Å². The molecular weight excluding hydrogens is 324 g/mol. The van der Waals surface area contributed by atoms with Gasteiger partial charge in [0.05, 0.1) is 11.1 Å². The number of ether oxygens (including phenoxy) is 1. The first-order valence-corrected chi connectivity index (χ1v) is 7.49. The molecule has 3 amide bonds. The molecule has 1 aliphatic rings. The molecule has 1 heterocycles. The molecular formula is C18H14N2O5. The van der Waals surface area contributed by atoms with Crippen molar-refractivity contribution in [3.63, 3.8) is 0 Å². The minimum atomic E-state index is -0.533. The summed E-state index contributed by atoms with van der Waals surface area (Å²) >= 11 is 0. The molecule has 0 radical (unpaired) electrons. The third-order valence-corrected chi connectivity index (χ3v) is 3.56. The Hall–Kier alpha value is -3.48. The zero-order chi connectivity index (χ0) is 18.0. The van der Waals surface area contributed by atoms with E-state index in [4.69, 9.17) is 4.74 Å². The minimum absolute atomic E-state index is 0.283. The highest BCUT2D eigenvalue weighted by molar-refractivity contribution is 6.22.